The second-order valence-corrected chi connectivity index (χ2v) is 5.00. The van der Waals surface area contributed by atoms with Crippen molar-refractivity contribution >= 4 is 11.9 Å². The molecule has 0 fully saturated rings. The normalized spacial score (nSPS) is 22.1. The first kappa shape index (κ1) is 8.78. The minimum Gasteiger partial charge on any atom is -0.148 e. The van der Waals surface area contributed by atoms with Crippen LogP contribution in [-0.4, -0.2) is 4.75 Å². The van der Waals surface area contributed by atoms with E-state index in [2.05, 4.69) is 43.4 Å². The summed E-state index contributed by atoms with van der Waals surface area (Å²) in [5.41, 5.74) is 1.11. The van der Waals surface area contributed by atoms with Crippen LogP contribution >= 0.6 is 11.9 Å². The average Bonchev–Trinajstić information content (AvgIpc) is 1.85. The SMILES string of the molecule is CC(C)C1=CC(C)(C)SN=N1. The molecule has 1 aliphatic heterocycles. The van der Waals surface area contributed by atoms with Gasteiger partial charge in [0.15, 0.2) is 0 Å². The molecule has 0 radical (unpaired) electrons. The fraction of sp³-hybridized carbons (Fsp3) is 0.750. The molecule has 1 aliphatic rings. The van der Waals surface area contributed by atoms with Crippen LogP contribution in [0.25, 0.3) is 0 Å². The second-order valence-electron chi connectivity index (χ2n) is 3.60. The molecule has 62 valence electrons. The number of nitrogens with zero attached hydrogens (tertiary/aromatic N) is 2. The van der Waals surface area contributed by atoms with E-state index in [1.165, 1.54) is 11.9 Å². The van der Waals surface area contributed by atoms with Crippen molar-refractivity contribution in [3.63, 3.8) is 0 Å². The van der Waals surface area contributed by atoms with Crippen LogP contribution < -0.4 is 0 Å². The van der Waals surface area contributed by atoms with E-state index in [4.69, 9.17) is 0 Å². The highest BCUT2D eigenvalue weighted by Crippen LogP contribution is 2.34. The Balaban J connectivity index is 2.81. The van der Waals surface area contributed by atoms with Gasteiger partial charge in [0, 0.05) is 11.9 Å². The molecule has 0 atom stereocenters. The second kappa shape index (κ2) is 2.97. The van der Waals surface area contributed by atoms with Crippen molar-refractivity contribution in [2.45, 2.75) is 32.4 Å². The van der Waals surface area contributed by atoms with Gasteiger partial charge in [-0.2, -0.15) is 0 Å². The molecular formula is C8H14N2S. The van der Waals surface area contributed by atoms with Crippen molar-refractivity contribution in [3.8, 4) is 0 Å². The van der Waals surface area contributed by atoms with Crippen molar-refractivity contribution in [1.82, 2.24) is 0 Å². The van der Waals surface area contributed by atoms with E-state index in [1.807, 2.05) is 0 Å². The number of hydrogen-bond donors (Lipinski definition) is 0. The van der Waals surface area contributed by atoms with Gasteiger partial charge in [0.05, 0.1) is 10.4 Å². The van der Waals surface area contributed by atoms with Crippen molar-refractivity contribution < 1.29 is 0 Å². The molecule has 0 aliphatic carbocycles. The molecule has 0 bridgehead atoms. The molecule has 0 N–H and O–H groups in total. The summed E-state index contributed by atoms with van der Waals surface area (Å²) in [6, 6.07) is 0. The van der Waals surface area contributed by atoms with E-state index in [0.717, 1.165) is 5.70 Å². The predicted octanol–water partition coefficient (Wildman–Crippen LogP) is 3.42. The first-order valence-electron chi connectivity index (χ1n) is 3.83. The van der Waals surface area contributed by atoms with Gasteiger partial charge in [-0.05, 0) is 25.8 Å². The lowest BCUT2D eigenvalue weighted by Gasteiger charge is -2.21. The molecule has 0 aromatic heterocycles. The summed E-state index contributed by atoms with van der Waals surface area (Å²) in [5, 5.41) is 4.07. The molecule has 0 spiro atoms. The third-order valence-electron chi connectivity index (χ3n) is 1.52. The molecule has 0 aromatic carbocycles. The molecule has 0 aromatic rings. The van der Waals surface area contributed by atoms with Crippen molar-refractivity contribution in [2.24, 2.45) is 15.6 Å². The zero-order valence-corrected chi connectivity index (χ0v) is 8.27. The summed E-state index contributed by atoms with van der Waals surface area (Å²) in [6.45, 7) is 8.57. The molecule has 3 heteroatoms. The Kier molecular flexibility index (Phi) is 2.37. The molecule has 11 heavy (non-hydrogen) atoms. The number of rotatable bonds is 1. The molecule has 0 unspecified atom stereocenters. The van der Waals surface area contributed by atoms with Crippen molar-refractivity contribution in [2.75, 3.05) is 0 Å². The fourth-order valence-corrected chi connectivity index (χ4v) is 1.39. The standard InChI is InChI=1S/C8H14N2S/c1-6(2)7-5-8(3,4)11-10-9-7/h5-6H,1-4H3. The van der Waals surface area contributed by atoms with Crippen LogP contribution in [0.4, 0.5) is 0 Å². The molecule has 0 saturated heterocycles. The van der Waals surface area contributed by atoms with Gasteiger partial charge in [0.1, 0.15) is 0 Å². The number of allylic oxidation sites excluding steroid dienone is 1. The predicted molar refractivity (Wildman–Crippen MR) is 49.4 cm³/mol. The summed E-state index contributed by atoms with van der Waals surface area (Å²) in [5.74, 6) is 0.485. The Hall–Kier alpha value is -0.310. The summed E-state index contributed by atoms with van der Waals surface area (Å²) in [6.07, 6.45) is 2.19. The van der Waals surface area contributed by atoms with Crippen LogP contribution in [-0.2, 0) is 0 Å². The zero-order chi connectivity index (χ0) is 8.48. The third-order valence-corrected chi connectivity index (χ3v) is 2.27. The molecule has 1 heterocycles. The van der Waals surface area contributed by atoms with E-state index in [9.17, 15) is 0 Å². The lowest BCUT2D eigenvalue weighted by molar-refractivity contribution is 0.716. The average molecular weight is 170 g/mol. The fourth-order valence-electron chi connectivity index (χ4n) is 0.866. The lowest BCUT2D eigenvalue weighted by Crippen LogP contribution is -2.13. The maximum atomic E-state index is 4.07. The summed E-state index contributed by atoms with van der Waals surface area (Å²) < 4.78 is 4.13. The lowest BCUT2D eigenvalue weighted by atomic mass is 10.1. The molecule has 1 rings (SSSR count). The maximum Gasteiger partial charge on any atom is 0.0637 e. The summed E-state index contributed by atoms with van der Waals surface area (Å²) in [7, 11) is 0. The van der Waals surface area contributed by atoms with E-state index < -0.39 is 0 Å². The Morgan fingerprint density at radius 1 is 1.45 bits per heavy atom. The van der Waals surface area contributed by atoms with Crippen LogP contribution in [0.15, 0.2) is 21.4 Å². The van der Waals surface area contributed by atoms with E-state index >= 15 is 0 Å². The maximum absolute atomic E-state index is 4.07. The Morgan fingerprint density at radius 2 is 2.09 bits per heavy atom. The van der Waals surface area contributed by atoms with Gasteiger partial charge < -0.3 is 0 Å². The zero-order valence-electron chi connectivity index (χ0n) is 7.46. The molecule has 0 amide bonds. The van der Waals surface area contributed by atoms with Gasteiger partial charge in [0.25, 0.3) is 0 Å². The highest BCUT2D eigenvalue weighted by atomic mass is 32.2. The van der Waals surface area contributed by atoms with Gasteiger partial charge in [-0.25, -0.2) is 0 Å². The van der Waals surface area contributed by atoms with Gasteiger partial charge in [-0.15, -0.1) is 9.63 Å². The topological polar surface area (TPSA) is 24.7 Å². The summed E-state index contributed by atoms with van der Waals surface area (Å²) >= 11 is 1.52. The van der Waals surface area contributed by atoms with E-state index in [1.54, 1.807) is 0 Å². The van der Waals surface area contributed by atoms with E-state index in [0.29, 0.717) is 5.92 Å². The van der Waals surface area contributed by atoms with Gasteiger partial charge in [-0.3, -0.25) is 0 Å². The van der Waals surface area contributed by atoms with Crippen LogP contribution in [0.5, 0.6) is 0 Å². The van der Waals surface area contributed by atoms with Gasteiger partial charge in [0.2, 0.25) is 0 Å². The van der Waals surface area contributed by atoms with Crippen LogP contribution in [0.3, 0.4) is 0 Å². The Labute approximate surface area is 72.3 Å². The highest BCUT2D eigenvalue weighted by molar-refractivity contribution is 7.99. The first-order valence-corrected chi connectivity index (χ1v) is 4.60. The smallest absolute Gasteiger partial charge is 0.0637 e. The van der Waals surface area contributed by atoms with Crippen LogP contribution in [0, 0.1) is 5.92 Å². The van der Waals surface area contributed by atoms with Gasteiger partial charge in [-0.1, -0.05) is 13.8 Å². The quantitative estimate of drug-likeness (QED) is 0.553. The van der Waals surface area contributed by atoms with E-state index in [-0.39, 0.29) is 4.75 Å². The highest BCUT2D eigenvalue weighted by Gasteiger charge is 2.21. The van der Waals surface area contributed by atoms with Crippen molar-refractivity contribution in [3.05, 3.63) is 11.8 Å². The number of hydrogen-bond acceptors (Lipinski definition) is 3. The third kappa shape index (κ3) is 2.33. The Bertz CT molecular complexity index is 204. The van der Waals surface area contributed by atoms with Crippen LogP contribution in [0.2, 0.25) is 0 Å². The molecular weight excluding hydrogens is 156 g/mol. The summed E-state index contributed by atoms with van der Waals surface area (Å²) in [4.78, 5) is 0. The first-order chi connectivity index (χ1) is 5.01. The monoisotopic (exact) mass is 170 g/mol. The molecule has 0 saturated carbocycles. The molecule has 2 nitrogen and oxygen atoms in total. The Morgan fingerprint density at radius 3 is 2.45 bits per heavy atom. The minimum atomic E-state index is 0.126. The van der Waals surface area contributed by atoms with Crippen molar-refractivity contribution in [1.29, 1.82) is 0 Å². The minimum absolute atomic E-state index is 0.126. The van der Waals surface area contributed by atoms with Crippen LogP contribution in [0.1, 0.15) is 27.7 Å². The largest absolute Gasteiger partial charge is 0.148 e. The van der Waals surface area contributed by atoms with Gasteiger partial charge >= 0.3 is 0 Å².